The number of carbonyl (C=O) groups excluding carboxylic acids is 1. The van der Waals surface area contributed by atoms with Crippen LogP contribution in [0.5, 0.6) is 0 Å². The van der Waals surface area contributed by atoms with Crippen molar-refractivity contribution in [3.8, 4) is 22.6 Å². The third-order valence-corrected chi connectivity index (χ3v) is 5.75. The summed E-state index contributed by atoms with van der Waals surface area (Å²) >= 11 is 0. The second-order valence-corrected chi connectivity index (χ2v) is 8.17. The molecule has 0 spiro atoms. The third kappa shape index (κ3) is 4.63. The zero-order valence-corrected chi connectivity index (χ0v) is 19.3. The summed E-state index contributed by atoms with van der Waals surface area (Å²) < 4.78 is 5.83. The molecular weight excluding hydrogens is 454 g/mol. The number of nitrogens with zero attached hydrogens (tertiary/aromatic N) is 2. The van der Waals surface area contributed by atoms with Crippen molar-refractivity contribution in [3.05, 3.63) is 113 Å². The molecule has 1 amide bonds. The number of hydrogen-bond acceptors (Lipinski definition) is 5. The molecule has 176 valence electrons. The minimum Gasteiger partial charge on any atom is -0.478 e. The third-order valence-electron chi connectivity index (χ3n) is 5.75. The lowest BCUT2D eigenvalue weighted by Crippen LogP contribution is -2.18. The van der Waals surface area contributed by atoms with Crippen LogP contribution in [0.1, 0.15) is 32.0 Å². The van der Waals surface area contributed by atoms with Crippen LogP contribution in [-0.4, -0.2) is 28.2 Å². The summed E-state index contributed by atoms with van der Waals surface area (Å²) in [6.45, 7) is 1.82. The number of hydrogen-bond donors (Lipinski definition) is 2. The highest BCUT2D eigenvalue weighted by molar-refractivity contribution is 6.07. The van der Waals surface area contributed by atoms with Gasteiger partial charge in [0.15, 0.2) is 0 Å². The molecule has 2 heterocycles. The van der Waals surface area contributed by atoms with E-state index in [-0.39, 0.29) is 11.5 Å². The summed E-state index contributed by atoms with van der Waals surface area (Å²) in [7, 11) is 0. The van der Waals surface area contributed by atoms with Gasteiger partial charge in [0.2, 0.25) is 0 Å². The fourth-order valence-corrected chi connectivity index (χ4v) is 3.97. The number of rotatable bonds is 6. The van der Waals surface area contributed by atoms with Gasteiger partial charge < -0.3 is 9.52 Å². The van der Waals surface area contributed by atoms with Gasteiger partial charge in [0.05, 0.1) is 28.6 Å². The summed E-state index contributed by atoms with van der Waals surface area (Å²) in [6, 6.07) is 27.2. The van der Waals surface area contributed by atoms with Gasteiger partial charge in [-0.15, -0.1) is 0 Å². The topological polar surface area (TPSA) is 105 Å². The molecule has 0 saturated heterocycles. The van der Waals surface area contributed by atoms with Gasteiger partial charge >= 0.3 is 5.97 Å². The zero-order valence-electron chi connectivity index (χ0n) is 19.3. The van der Waals surface area contributed by atoms with Gasteiger partial charge in [0, 0.05) is 16.5 Å². The number of furan rings is 1. The summed E-state index contributed by atoms with van der Waals surface area (Å²) in [5.41, 5.74) is 7.14. The number of amides is 1. The maximum Gasteiger partial charge on any atom is 0.335 e. The first-order chi connectivity index (χ1) is 17.5. The molecule has 0 fully saturated rings. The Bertz CT molecular complexity index is 1620. The van der Waals surface area contributed by atoms with Crippen LogP contribution in [0.4, 0.5) is 0 Å². The quantitative estimate of drug-likeness (QED) is 0.234. The van der Waals surface area contributed by atoms with Crippen LogP contribution >= 0.6 is 0 Å². The van der Waals surface area contributed by atoms with Crippen molar-refractivity contribution < 1.29 is 19.1 Å². The van der Waals surface area contributed by atoms with Gasteiger partial charge in [-0.2, -0.15) is 5.10 Å². The maximum absolute atomic E-state index is 13.1. The average Bonchev–Trinajstić information content (AvgIpc) is 3.37. The number of nitrogens with one attached hydrogen (secondary N) is 1. The smallest absolute Gasteiger partial charge is 0.335 e. The molecular formula is C29H21N3O4. The Balaban J connectivity index is 1.37. The first-order valence-corrected chi connectivity index (χ1v) is 11.2. The van der Waals surface area contributed by atoms with Crippen LogP contribution in [0, 0.1) is 6.92 Å². The Morgan fingerprint density at radius 1 is 0.944 bits per heavy atom. The lowest BCUT2D eigenvalue weighted by Gasteiger charge is -2.09. The van der Waals surface area contributed by atoms with E-state index in [4.69, 9.17) is 14.5 Å². The van der Waals surface area contributed by atoms with Gasteiger partial charge in [0.25, 0.3) is 5.91 Å². The monoisotopic (exact) mass is 475 g/mol. The van der Waals surface area contributed by atoms with Crippen LogP contribution < -0.4 is 5.43 Å². The Morgan fingerprint density at radius 3 is 2.50 bits per heavy atom. The number of carboxylic acids is 1. The minimum atomic E-state index is -0.981. The molecule has 7 nitrogen and oxygen atoms in total. The Kier molecular flexibility index (Phi) is 6.11. The highest BCUT2D eigenvalue weighted by atomic mass is 16.4. The molecule has 0 aliphatic carbocycles. The number of para-hydroxylation sites is 1. The molecule has 2 aromatic heterocycles. The molecule has 2 N–H and O–H groups in total. The van der Waals surface area contributed by atoms with Crippen LogP contribution in [0.3, 0.4) is 0 Å². The van der Waals surface area contributed by atoms with Gasteiger partial charge in [-0.3, -0.25) is 4.79 Å². The molecule has 0 aliphatic heterocycles. The van der Waals surface area contributed by atoms with E-state index in [0.29, 0.717) is 28.3 Å². The summed E-state index contributed by atoms with van der Waals surface area (Å²) in [4.78, 5) is 28.9. The second-order valence-electron chi connectivity index (χ2n) is 8.17. The standard InChI is InChI=1S/C29H21N3O4/c1-18-15-20(29(34)35)11-13-22(18)27-14-12-21(36-27)17-30-32-28(33)24-16-26(19-7-3-2-4-8-19)31-25-10-6-5-9-23(24)25/h2-17H,1H3,(H,32,33)(H,34,35)/b30-17+. The molecule has 3 aromatic carbocycles. The van der Waals surface area contributed by atoms with Crippen LogP contribution in [0.25, 0.3) is 33.5 Å². The summed E-state index contributed by atoms with van der Waals surface area (Å²) in [6.07, 6.45) is 1.42. The van der Waals surface area contributed by atoms with Crippen molar-refractivity contribution in [2.24, 2.45) is 5.10 Å². The Hall–Kier alpha value is -5.04. The Labute approximate surface area is 206 Å². The summed E-state index contributed by atoms with van der Waals surface area (Å²) in [5.74, 6) is -0.333. The van der Waals surface area contributed by atoms with Gasteiger partial charge in [0.1, 0.15) is 11.5 Å². The van der Waals surface area contributed by atoms with Crippen molar-refractivity contribution in [1.29, 1.82) is 0 Å². The fourth-order valence-electron chi connectivity index (χ4n) is 3.97. The normalized spacial score (nSPS) is 11.1. The number of aromatic carboxylic acids is 1. The Morgan fingerprint density at radius 2 is 1.72 bits per heavy atom. The fraction of sp³-hybridized carbons (Fsp3) is 0.0345. The SMILES string of the molecule is Cc1cc(C(=O)O)ccc1-c1ccc(/C=N/NC(=O)c2cc(-c3ccccc3)nc3ccccc23)o1. The predicted molar refractivity (Wildman–Crippen MR) is 138 cm³/mol. The van der Waals surface area contributed by atoms with E-state index in [9.17, 15) is 9.59 Å². The van der Waals surface area contributed by atoms with E-state index in [1.807, 2.05) is 61.5 Å². The van der Waals surface area contributed by atoms with E-state index < -0.39 is 5.97 Å². The number of carboxylic acid groups (broad SMARTS) is 1. The maximum atomic E-state index is 13.1. The van der Waals surface area contributed by atoms with E-state index in [1.165, 1.54) is 12.3 Å². The molecule has 0 bridgehead atoms. The van der Waals surface area contributed by atoms with Crippen molar-refractivity contribution in [1.82, 2.24) is 10.4 Å². The largest absolute Gasteiger partial charge is 0.478 e. The van der Waals surface area contributed by atoms with E-state index >= 15 is 0 Å². The number of fused-ring (bicyclic) bond motifs is 1. The molecule has 7 heteroatoms. The van der Waals surface area contributed by atoms with Gasteiger partial charge in [-0.25, -0.2) is 15.2 Å². The number of benzene rings is 3. The molecule has 0 unspecified atom stereocenters. The number of aromatic nitrogens is 1. The van der Waals surface area contributed by atoms with Crippen LogP contribution in [0.2, 0.25) is 0 Å². The predicted octanol–water partition coefficient (Wildman–Crippen LogP) is 5.93. The molecule has 36 heavy (non-hydrogen) atoms. The number of pyridine rings is 1. The molecule has 0 atom stereocenters. The molecule has 0 saturated carbocycles. The van der Waals surface area contributed by atoms with Crippen LogP contribution in [0.15, 0.2) is 101 Å². The van der Waals surface area contributed by atoms with Crippen molar-refractivity contribution in [3.63, 3.8) is 0 Å². The van der Waals surface area contributed by atoms with E-state index in [0.717, 1.165) is 22.1 Å². The molecule has 5 rings (SSSR count). The lowest BCUT2D eigenvalue weighted by molar-refractivity contribution is 0.0696. The molecule has 5 aromatic rings. The number of aryl methyl sites for hydroxylation is 1. The first-order valence-electron chi connectivity index (χ1n) is 11.2. The highest BCUT2D eigenvalue weighted by Gasteiger charge is 2.14. The minimum absolute atomic E-state index is 0.214. The zero-order chi connectivity index (χ0) is 25.1. The molecule has 0 aliphatic rings. The first kappa shape index (κ1) is 22.7. The highest BCUT2D eigenvalue weighted by Crippen LogP contribution is 2.27. The van der Waals surface area contributed by atoms with Gasteiger partial charge in [-0.1, -0.05) is 54.6 Å². The number of carbonyl (C=O) groups is 2. The van der Waals surface area contributed by atoms with Crippen LogP contribution in [-0.2, 0) is 0 Å². The molecule has 0 radical (unpaired) electrons. The number of hydrazone groups is 1. The lowest BCUT2D eigenvalue weighted by atomic mass is 10.0. The average molecular weight is 476 g/mol. The second kappa shape index (κ2) is 9.68. The van der Waals surface area contributed by atoms with Crippen molar-refractivity contribution in [2.75, 3.05) is 0 Å². The van der Waals surface area contributed by atoms with Crippen molar-refractivity contribution in [2.45, 2.75) is 6.92 Å². The summed E-state index contributed by atoms with van der Waals surface area (Å²) in [5, 5.41) is 14.0. The van der Waals surface area contributed by atoms with E-state index in [2.05, 4.69) is 10.5 Å². The van der Waals surface area contributed by atoms with E-state index in [1.54, 1.807) is 30.3 Å². The van der Waals surface area contributed by atoms with Gasteiger partial charge in [-0.05, 0) is 48.9 Å². The van der Waals surface area contributed by atoms with Crippen molar-refractivity contribution >= 4 is 29.0 Å².